The van der Waals surface area contributed by atoms with E-state index in [0.717, 1.165) is 22.6 Å². The summed E-state index contributed by atoms with van der Waals surface area (Å²) in [6, 6.07) is 0. The normalized spacial score (nSPS) is 18.5. The summed E-state index contributed by atoms with van der Waals surface area (Å²) in [5.74, 6) is -2.51. The Morgan fingerprint density at radius 3 is 2.60 bits per heavy atom. The Hall–Kier alpha value is -1.57. The maximum atomic E-state index is 12.3. The molecule has 1 aromatic rings. The molecule has 20 heavy (non-hydrogen) atoms. The van der Waals surface area contributed by atoms with Gasteiger partial charge in [-0.25, -0.2) is 0 Å². The van der Waals surface area contributed by atoms with Gasteiger partial charge in [-0.2, -0.15) is 13.2 Å². The summed E-state index contributed by atoms with van der Waals surface area (Å²) in [5, 5.41) is 1.66. The van der Waals surface area contributed by atoms with E-state index >= 15 is 0 Å². The van der Waals surface area contributed by atoms with Crippen LogP contribution in [0.15, 0.2) is 0 Å². The lowest BCUT2D eigenvalue weighted by Gasteiger charge is -2.18. The van der Waals surface area contributed by atoms with Crippen molar-refractivity contribution in [1.29, 1.82) is 0 Å². The summed E-state index contributed by atoms with van der Waals surface area (Å²) in [7, 11) is 0. The van der Waals surface area contributed by atoms with Gasteiger partial charge in [-0.3, -0.25) is 9.59 Å². The van der Waals surface area contributed by atoms with Crippen LogP contribution in [0.25, 0.3) is 0 Å². The largest absolute Gasteiger partial charge is 0.471 e. The van der Waals surface area contributed by atoms with E-state index in [4.69, 9.17) is 5.73 Å². The van der Waals surface area contributed by atoms with Crippen molar-refractivity contribution in [2.24, 2.45) is 11.7 Å². The van der Waals surface area contributed by atoms with E-state index in [1.54, 1.807) is 5.32 Å². The van der Waals surface area contributed by atoms with E-state index in [2.05, 4.69) is 0 Å². The molecule has 0 radical (unpaired) electrons. The molecule has 4 nitrogen and oxygen atoms in total. The first-order valence-electron chi connectivity index (χ1n) is 6.02. The Kier molecular flexibility index (Phi) is 3.77. The van der Waals surface area contributed by atoms with Crippen molar-refractivity contribution in [2.75, 3.05) is 5.32 Å². The molecule has 0 unspecified atom stereocenters. The Morgan fingerprint density at radius 1 is 1.40 bits per heavy atom. The molecule has 0 aliphatic heterocycles. The number of thiophene rings is 1. The molecule has 1 aromatic heterocycles. The molecule has 0 saturated heterocycles. The van der Waals surface area contributed by atoms with Crippen LogP contribution in [-0.4, -0.2) is 18.0 Å². The number of alkyl halides is 3. The first-order valence-corrected chi connectivity index (χ1v) is 6.84. The highest BCUT2D eigenvalue weighted by molar-refractivity contribution is 7.17. The number of carbonyl (C=O) groups is 2. The minimum absolute atomic E-state index is 0.0227. The van der Waals surface area contributed by atoms with E-state index in [1.807, 2.05) is 6.92 Å². The Labute approximate surface area is 117 Å². The molecule has 0 aromatic carbocycles. The third-order valence-electron chi connectivity index (χ3n) is 3.24. The molecule has 8 heteroatoms. The molecule has 0 saturated carbocycles. The molecule has 3 N–H and O–H groups in total. The third kappa shape index (κ3) is 2.79. The van der Waals surface area contributed by atoms with E-state index in [9.17, 15) is 22.8 Å². The highest BCUT2D eigenvalue weighted by Crippen LogP contribution is 2.39. The summed E-state index contributed by atoms with van der Waals surface area (Å²) < 4.78 is 36.9. The summed E-state index contributed by atoms with van der Waals surface area (Å²) >= 11 is 1.01. The lowest BCUT2D eigenvalue weighted by atomic mass is 9.88. The molecule has 1 heterocycles. The number of hydrogen-bond donors (Lipinski definition) is 2. The number of anilines is 1. The monoisotopic (exact) mass is 306 g/mol. The number of fused-ring (bicyclic) bond motifs is 1. The Bertz CT molecular complexity index is 566. The lowest BCUT2D eigenvalue weighted by molar-refractivity contribution is -0.167. The second-order valence-corrected chi connectivity index (χ2v) is 5.98. The van der Waals surface area contributed by atoms with Crippen LogP contribution in [0.2, 0.25) is 0 Å². The van der Waals surface area contributed by atoms with Crippen LogP contribution >= 0.6 is 11.3 Å². The summed E-state index contributed by atoms with van der Waals surface area (Å²) in [4.78, 5) is 23.3. The van der Waals surface area contributed by atoms with Crippen molar-refractivity contribution in [3.05, 3.63) is 16.0 Å². The van der Waals surface area contributed by atoms with Gasteiger partial charge in [0.05, 0.1) is 5.56 Å². The molecule has 0 spiro atoms. The van der Waals surface area contributed by atoms with Crippen LogP contribution in [0, 0.1) is 5.92 Å². The summed E-state index contributed by atoms with van der Waals surface area (Å²) in [5.41, 5.74) is 5.94. The number of halogens is 3. The minimum atomic E-state index is -4.99. The van der Waals surface area contributed by atoms with Gasteiger partial charge >= 0.3 is 12.1 Å². The zero-order chi connectivity index (χ0) is 15.1. The Balaban J connectivity index is 2.38. The van der Waals surface area contributed by atoms with Crippen molar-refractivity contribution in [2.45, 2.75) is 32.4 Å². The molecule has 2 rings (SSSR count). The Morgan fingerprint density at radius 2 is 2.05 bits per heavy atom. The predicted octanol–water partition coefficient (Wildman–Crippen LogP) is 2.47. The van der Waals surface area contributed by atoms with Crippen LogP contribution in [0.4, 0.5) is 18.2 Å². The van der Waals surface area contributed by atoms with Crippen molar-refractivity contribution in [3.63, 3.8) is 0 Å². The second-order valence-electron chi connectivity index (χ2n) is 4.87. The maximum absolute atomic E-state index is 12.3. The van der Waals surface area contributed by atoms with Gasteiger partial charge < -0.3 is 11.1 Å². The average molecular weight is 306 g/mol. The summed E-state index contributed by atoms with van der Waals surface area (Å²) in [6.45, 7) is 2.03. The van der Waals surface area contributed by atoms with E-state index < -0.39 is 18.0 Å². The fourth-order valence-corrected chi connectivity index (χ4v) is 3.68. The van der Waals surface area contributed by atoms with Gasteiger partial charge in [-0.15, -0.1) is 11.3 Å². The van der Waals surface area contributed by atoms with Crippen molar-refractivity contribution >= 4 is 28.2 Å². The summed E-state index contributed by atoms with van der Waals surface area (Å²) in [6.07, 6.45) is -2.88. The van der Waals surface area contributed by atoms with Gasteiger partial charge in [0.15, 0.2) is 0 Å². The molecule has 2 amide bonds. The fraction of sp³-hybridized carbons (Fsp3) is 0.500. The first kappa shape index (κ1) is 14.8. The van der Waals surface area contributed by atoms with Gasteiger partial charge in [0.2, 0.25) is 0 Å². The fourth-order valence-electron chi connectivity index (χ4n) is 2.27. The van der Waals surface area contributed by atoms with Crippen LogP contribution in [-0.2, 0) is 17.6 Å². The molecular formula is C12H13F3N2O2S. The minimum Gasteiger partial charge on any atom is -0.365 e. The third-order valence-corrected chi connectivity index (χ3v) is 4.41. The maximum Gasteiger partial charge on any atom is 0.471 e. The van der Waals surface area contributed by atoms with Crippen LogP contribution in [0.3, 0.4) is 0 Å². The van der Waals surface area contributed by atoms with Crippen LogP contribution in [0.1, 0.15) is 34.1 Å². The quantitative estimate of drug-likeness (QED) is 0.881. The van der Waals surface area contributed by atoms with Crippen molar-refractivity contribution < 1.29 is 22.8 Å². The van der Waals surface area contributed by atoms with Gasteiger partial charge in [0, 0.05) is 4.88 Å². The van der Waals surface area contributed by atoms with Crippen LogP contribution in [0.5, 0.6) is 0 Å². The van der Waals surface area contributed by atoms with E-state index in [-0.39, 0.29) is 10.6 Å². The van der Waals surface area contributed by atoms with E-state index in [0.29, 0.717) is 24.3 Å². The second kappa shape index (κ2) is 5.08. The van der Waals surface area contributed by atoms with Crippen molar-refractivity contribution in [3.8, 4) is 0 Å². The molecule has 110 valence electrons. The number of amides is 2. The number of carbonyl (C=O) groups excluding carboxylic acids is 2. The number of rotatable bonds is 2. The number of hydrogen-bond acceptors (Lipinski definition) is 3. The van der Waals surface area contributed by atoms with E-state index in [1.165, 1.54) is 0 Å². The average Bonchev–Trinajstić information content (AvgIpc) is 2.64. The molecule has 0 fully saturated rings. The number of nitrogens with one attached hydrogen (secondary N) is 1. The topological polar surface area (TPSA) is 72.2 Å². The van der Waals surface area contributed by atoms with Gasteiger partial charge in [-0.1, -0.05) is 6.92 Å². The smallest absolute Gasteiger partial charge is 0.365 e. The van der Waals surface area contributed by atoms with Gasteiger partial charge in [0.1, 0.15) is 5.00 Å². The molecule has 1 aliphatic rings. The molecule has 1 atom stereocenters. The zero-order valence-corrected chi connectivity index (χ0v) is 11.5. The lowest BCUT2D eigenvalue weighted by Crippen LogP contribution is -2.30. The van der Waals surface area contributed by atoms with Crippen molar-refractivity contribution in [1.82, 2.24) is 0 Å². The number of primary amides is 1. The van der Waals surface area contributed by atoms with Gasteiger partial charge in [-0.05, 0) is 30.7 Å². The highest BCUT2D eigenvalue weighted by Gasteiger charge is 2.40. The predicted molar refractivity (Wildman–Crippen MR) is 68.7 cm³/mol. The standard InChI is InChI=1S/C12H13F3N2O2S/c1-5-2-3-6-7(4-5)20-10(8(6)9(16)18)17-11(19)12(13,14)15/h5H,2-4H2,1H3,(H2,16,18)(H,17,19)/t5-/m0/s1. The molecule has 0 bridgehead atoms. The molecule has 1 aliphatic carbocycles. The highest BCUT2D eigenvalue weighted by atomic mass is 32.1. The SMILES string of the molecule is C[C@H]1CCc2c(sc(NC(=O)C(F)(F)F)c2C(N)=O)C1. The number of nitrogens with two attached hydrogens (primary N) is 1. The first-order chi connectivity index (χ1) is 9.20. The van der Waals surface area contributed by atoms with Gasteiger partial charge in [0.25, 0.3) is 5.91 Å². The van der Waals surface area contributed by atoms with Crippen LogP contribution < -0.4 is 11.1 Å². The molecular weight excluding hydrogens is 293 g/mol. The zero-order valence-electron chi connectivity index (χ0n) is 10.6.